The minimum atomic E-state index is 0.222. The number of aryl methyl sites for hydroxylation is 1. The van der Waals surface area contributed by atoms with Gasteiger partial charge in [0, 0.05) is 22.0 Å². The molecule has 4 heteroatoms. The van der Waals surface area contributed by atoms with Gasteiger partial charge in [-0.15, -0.1) is 0 Å². The topological polar surface area (TPSA) is 45.8 Å². The SMILES string of the molecule is Cc1cc2c(cn1)[nH]c1ccccc12.O=CCl. The molecule has 0 spiro atoms. The first-order valence-corrected chi connectivity index (χ1v) is 5.57. The Morgan fingerprint density at radius 3 is 2.71 bits per heavy atom. The predicted molar refractivity (Wildman–Crippen MR) is 70.9 cm³/mol. The highest BCUT2D eigenvalue weighted by atomic mass is 35.5. The number of fused-ring (bicyclic) bond motifs is 3. The lowest BCUT2D eigenvalue weighted by Crippen LogP contribution is -1.77. The molecule has 0 aliphatic rings. The van der Waals surface area contributed by atoms with Gasteiger partial charge < -0.3 is 4.98 Å². The minimum absolute atomic E-state index is 0.222. The first-order valence-electron chi connectivity index (χ1n) is 5.13. The fourth-order valence-corrected chi connectivity index (χ4v) is 1.85. The van der Waals surface area contributed by atoms with Crippen LogP contribution in [0.4, 0.5) is 0 Å². The molecule has 0 bridgehead atoms. The molecule has 0 fully saturated rings. The zero-order valence-electron chi connectivity index (χ0n) is 9.27. The highest BCUT2D eigenvalue weighted by Gasteiger charge is 2.02. The molecule has 0 atom stereocenters. The van der Waals surface area contributed by atoms with E-state index in [0.717, 1.165) is 11.2 Å². The Balaban J connectivity index is 0.000000329. The number of pyridine rings is 1. The number of aromatic nitrogens is 2. The monoisotopic (exact) mass is 246 g/mol. The highest BCUT2D eigenvalue weighted by Crippen LogP contribution is 2.24. The van der Waals surface area contributed by atoms with Gasteiger partial charge in [0.2, 0.25) is 5.75 Å². The molecule has 0 amide bonds. The van der Waals surface area contributed by atoms with Crippen LogP contribution in [0.5, 0.6) is 0 Å². The molecule has 0 saturated heterocycles. The number of carbonyl (C=O) groups excluding carboxylic acids is 1. The highest BCUT2D eigenvalue weighted by molar-refractivity contribution is 6.54. The fraction of sp³-hybridized carbons (Fsp3) is 0.0769. The van der Waals surface area contributed by atoms with Gasteiger partial charge in [0.05, 0.1) is 11.7 Å². The number of hydrogen-bond acceptors (Lipinski definition) is 2. The van der Waals surface area contributed by atoms with Crippen molar-refractivity contribution in [3.05, 3.63) is 42.2 Å². The van der Waals surface area contributed by atoms with Gasteiger partial charge in [-0.1, -0.05) is 18.2 Å². The summed E-state index contributed by atoms with van der Waals surface area (Å²) in [5, 5.41) is 2.53. The van der Waals surface area contributed by atoms with E-state index < -0.39 is 0 Å². The lowest BCUT2D eigenvalue weighted by atomic mass is 10.2. The van der Waals surface area contributed by atoms with Crippen molar-refractivity contribution in [3.63, 3.8) is 0 Å². The maximum absolute atomic E-state index is 8.57. The van der Waals surface area contributed by atoms with E-state index in [4.69, 9.17) is 4.79 Å². The molecule has 2 heterocycles. The number of halogens is 1. The summed E-state index contributed by atoms with van der Waals surface area (Å²) in [7, 11) is 0. The molecule has 0 saturated carbocycles. The van der Waals surface area contributed by atoms with E-state index in [1.807, 2.05) is 19.2 Å². The van der Waals surface area contributed by atoms with Gasteiger partial charge in [0.15, 0.2) is 0 Å². The third-order valence-corrected chi connectivity index (χ3v) is 2.53. The second-order valence-corrected chi connectivity index (χ2v) is 3.81. The molecular formula is C13H11ClN2O. The largest absolute Gasteiger partial charge is 0.353 e. The van der Waals surface area contributed by atoms with Crippen LogP contribution in [0, 0.1) is 6.92 Å². The summed E-state index contributed by atoms with van der Waals surface area (Å²) in [5.41, 5.74) is 3.34. The standard InChI is InChI=1S/C12H10N2.CHClO/c1-8-6-10-9-4-2-3-5-11(9)14-12(10)7-13-8;2-1-3/h2-7,14H,1H3;1H. The average molecular weight is 247 g/mol. The summed E-state index contributed by atoms with van der Waals surface area (Å²) in [6.45, 7) is 2.02. The molecule has 0 radical (unpaired) electrons. The van der Waals surface area contributed by atoms with Crippen LogP contribution in [0.15, 0.2) is 36.5 Å². The van der Waals surface area contributed by atoms with Crippen molar-refractivity contribution in [2.75, 3.05) is 0 Å². The van der Waals surface area contributed by atoms with Crippen molar-refractivity contribution >= 4 is 39.2 Å². The van der Waals surface area contributed by atoms with E-state index in [1.54, 1.807) is 0 Å². The zero-order chi connectivity index (χ0) is 12.3. The average Bonchev–Trinajstić information content (AvgIpc) is 2.68. The van der Waals surface area contributed by atoms with Crippen molar-refractivity contribution in [2.45, 2.75) is 6.92 Å². The van der Waals surface area contributed by atoms with Crippen LogP contribution in [0.2, 0.25) is 0 Å². The lowest BCUT2D eigenvalue weighted by Gasteiger charge is -1.91. The molecule has 0 aliphatic carbocycles. The van der Waals surface area contributed by atoms with Crippen LogP contribution in [0.3, 0.4) is 0 Å². The summed E-state index contributed by atoms with van der Waals surface area (Å²) in [4.78, 5) is 16.2. The Bertz CT molecular complexity index is 661. The van der Waals surface area contributed by atoms with Crippen LogP contribution < -0.4 is 0 Å². The number of nitrogens with zero attached hydrogens (tertiary/aromatic N) is 1. The normalized spacial score (nSPS) is 10.0. The lowest BCUT2D eigenvalue weighted by molar-refractivity contribution is 0.569. The van der Waals surface area contributed by atoms with Crippen LogP contribution in [0.25, 0.3) is 21.8 Å². The Morgan fingerprint density at radius 1 is 1.24 bits per heavy atom. The van der Waals surface area contributed by atoms with Crippen molar-refractivity contribution in [1.82, 2.24) is 9.97 Å². The molecule has 3 nitrogen and oxygen atoms in total. The number of para-hydroxylation sites is 1. The summed E-state index contributed by atoms with van der Waals surface area (Å²) in [5.74, 6) is 0.222. The van der Waals surface area contributed by atoms with E-state index in [2.05, 4.69) is 45.8 Å². The molecule has 0 unspecified atom stereocenters. The summed E-state index contributed by atoms with van der Waals surface area (Å²) in [6.07, 6.45) is 1.89. The van der Waals surface area contributed by atoms with Gasteiger partial charge in [-0.05, 0) is 30.7 Å². The Hall–Kier alpha value is -1.87. The van der Waals surface area contributed by atoms with Crippen molar-refractivity contribution in [1.29, 1.82) is 0 Å². The first kappa shape index (κ1) is 11.6. The second kappa shape index (κ2) is 4.97. The number of hydrogen-bond donors (Lipinski definition) is 1. The van der Waals surface area contributed by atoms with E-state index in [1.165, 1.54) is 16.3 Å². The smallest absolute Gasteiger partial charge is 0.208 e. The van der Waals surface area contributed by atoms with E-state index in [9.17, 15) is 0 Å². The van der Waals surface area contributed by atoms with Gasteiger partial charge in [0.25, 0.3) is 0 Å². The molecule has 0 aliphatic heterocycles. The van der Waals surface area contributed by atoms with E-state index >= 15 is 0 Å². The Labute approximate surface area is 103 Å². The van der Waals surface area contributed by atoms with Gasteiger partial charge in [-0.3, -0.25) is 9.78 Å². The van der Waals surface area contributed by atoms with Gasteiger partial charge in [0.1, 0.15) is 0 Å². The summed E-state index contributed by atoms with van der Waals surface area (Å²) >= 11 is 4.32. The number of carbonyl (C=O) groups is 1. The maximum atomic E-state index is 8.57. The minimum Gasteiger partial charge on any atom is -0.353 e. The maximum Gasteiger partial charge on any atom is 0.208 e. The molecule has 3 aromatic rings. The predicted octanol–water partition coefficient (Wildman–Crippen LogP) is 3.44. The van der Waals surface area contributed by atoms with Gasteiger partial charge in [-0.2, -0.15) is 0 Å². The molecule has 1 N–H and O–H groups in total. The van der Waals surface area contributed by atoms with Crippen molar-refractivity contribution in [3.8, 4) is 0 Å². The van der Waals surface area contributed by atoms with Crippen molar-refractivity contribution in [2.24, 2.45) is 0 Å². The first-order chi connectivity index (χ1) is 8.26. The zero-order valence-corrected chi connectivity index (χ0v) is 10.0. The third-order valence-electron chi connectivity index (χ3n) is 2.53. The number of H-pyrrole nitrogens is 1. The molecule has 3 rings (SSSR count). The van der Waals surface area contributed by atoms with Gasteiger partial charge >= 0.3 is 0 Å². The third kappa shape index (κ3) is 2.29. The Morgan fingerprint density at radius 2 is 1.94 bits per heavy atom. The summed E-state index contributed by atoms with van der Waals surface area (Å²) < 4.78 is 0. The number of aromatic amines is 1. The molecule has 86 valence electrons. The van der Waals surface area contributed by atoms with Crippen LogP contribution in [-0.2, 0) is 4.79 Å². The number of nitrogens with one attached hydrogen (secondary N) is 1. The van der Waals surface area contributed by atoms with Gasteiger partial charge in [-0.25, -0.2) is 0 Å². The van der Waals surface area contributed by atoms with Crippen LogP contribution in [-0.4, -0.2) is 15.7 Å². The summed E-state index contributed by atoms with van der Waals surface area (Å²) in [6, 6.07) is 10.4. The quantitative estimate of drug-likeness (QED) is 0.488. The second-order valence-electron chi connectivity index (χ2n) is 3.63. The van der Waals surface area contributed by atoms with E-state index in [0.29, 0.717) is 0 Å². The molecular weight excluding hydrogens is 236 g/mol. The number of rotatable bonds is 0. The molecule has 1 aromatic carbocycles. The van der Waals surface area contributed by atoms with Crippen LogP contribution in [0.1, 0.15) is 5.69 Å². The fourth-order valence-electron chi connectivity index (χ4n) is 1.85. The van der Waals surface area contributed by atoms with Crippen molar-refractivity contribution < 1.29 is 4.79 Å². The van der Waals surface area contributed by atoms with Crippen LogP contribution >= 0.6 is 11.6 Å². The Kier molecular flexibility index (Phi) is 3.40. The van der Waals surface area contributed by atoms with E-state index in [-0.39, 0.29) is 5.75 Å². The molecule has 2 aromatic heterocycles. The molecule has 17 heavy (non-hydrogen) atoms. The number of benzene rings is 1.